The minimum absolute atomic E-state index is 0.0844. The highest BCUT2D eigenvalue weighted by atomic mass is 16.6. The molecule has 1 rings (SSSR count). The van der Waals surface area contributed by atoms with Crippen LogP contribution in [-0.2, 0) is 20.7 Å². The van der Waals surface area contributed by atoms with Gasteiger partial charge in [-0.25, -0.2) is 4.79 Å². The van der Waals surface area contributed by atoms with Crippen LogP contribution in [-0.4, -0.2) is 36.1 Å². The van der Waals surface area contributed by atoms with Crippen molar-refractivity contribution in [2.75, 3.05) is 6.54 Å². The number of nitrogens with one attached hydrogen (secondary N) is 2. The summed E-state index contributed by atoms with van der Waals surface area (Å²) in [5, 5.41) is 5.17. The van der Waals surface area contributed by atoms with Crippen molar-refractivity contribution in [3.05, 3.63) is 35.9 Å². The van der Waals surface area contributed by atoms with Crippen molar-refractivity contribution in [2.24, 2.45) is 11.7 Å². The highest BCUT2D eigenvalue weighted by Gasteiger charge is 2.24. The van der Waals surface area contributed by atoms with Crippen molar-refractivity contribution in [1.29, 1.82) is 0 Å². The summed E-state index contributed by atoms with van der Waals surface area (Å²) in [6.45, 7) is 6.88. The lowest BCUT2D eigenvalue weighted by molar-refractivity contribution is -0.129. The van der Waals surface area contributed by atoms with Crippen LogP contribution in [0.2, 0.25) is 0 Å². The molecule has 0 saturated heterocycles. The largest absolute Gasteiger partial charge is 0.444 e. The van der Waals surface area contributed by atoms with E-state index in [1.165, 1.54) is 6.92 Å². The van der Waals surface area contributed by atoms with E-state index < -0.39 is 29.6 Å². The monoisotopic (exact) mass is 349 g/mol. The molecule has 0 heterocycles. The summed E-state index contributed by atoms with van der Waals surface area (Å²) >= 11 is 0. The second kappa shape index (κ2) is 9.05. The van der Waals surface area contributed by atoms with Crippen LogP contribution in [0.25, 0.3) is 0 Å². The lowest BCUT2D eigenvalue weighted by Gasteiger charge is -2.22. The van der Waals surface area contributed by atoms with E-state index in [2.05, 4.69) is 10.6 Å². The van der Waals surface area contributed by atoms with E-state index in [1.807, 2.05) is 30.3 Å². The van der Waals surface area contributed by atoms with Crippen LogP contribution < -0.4 is 16.4 Å². The van der Waals surface area contributed by atoms with Gasteiger partial charge in [0.2, 0.25) is 11.8 Å². The molecule has 7 heteroatoms. The van der Waals surface area contributed by atoms with Crippen molar-refractivity contribution >= 4 is 17.9 Å². The molecule has 0 aliphatic carbocycles. The molecule has 0 radical (unpaired) electrons. The molecule has 0 spiro atoms. The lowest BCUT2D eigenvalue weighted by atomic mass is 9.98. The first-order valence-electron chi connectivity index (χ1n) is 8.19. The Balaban J connectivity index is 2.75. The zero-order valence-corrected chi connectivity index (χ0v) is 15.2. The van der Waals surface area contributed by atoms with Crippen LogP contribution >= 0.6 is 0 Å². The van der Waals surface area contributed by atoms with Gasteiger partial charge in [0.1, 0.15) is 11.6 Å². The van der Waals surface area contributed by atoms with Gasteiger partial charge in [-0.3, -0.25) is 9.59 Å². The van der Waals surface area contributed by atoms with E-state index in [9.17, 15) is 14.4 Å². The highest BCUT2D eigenvalue weighted by molar-refractivity contribution is 5.87. The molecule has 1 aromatic rings. The number of hydrogen-bond donors (Lipinski definition) is 3. The van der Waals surface area contributed by atoms with Gasteiger partial charge in [0.25, 0.3) is 0 Å². The second-order valence-electron chi connectivity index (χ2n) is 6.90. The maximum Gasteiger partial charge on any atom is 0.407 e. The number of alkyl carbamates (subject to hydrolysis) is 1. The Morgan fingerprint density at radius 3 is 2.28 bits per heavy atom. The summed E-state index contributed by atoms with van der Waals surface area (Å²) in [5.41, 5.74) is 5.51. The number of rotatable bonds is 7. The molecule has 1 aromatic carbocycles. The third-order valence-electron chi connectivity index (χ3n) is 3.37. The first kappa shape index (κ1) is 20.5. The Labute approximate surface area is 148 Å². The highest BCUT2D eigenvalue weighted by Crippen LogP contribution is 2.10. The fraction of sp³-hybridized carbons (Fsp3) is 0.500. The molecule has 0 saturated carbocycles. The van der Waals surface area contributed by atoms with Crippen LogP contribution in [0, 0.1) is 5.92 Å². The van der Waals surface area contributed by atoms with Gasteiger partial charge in [0.05, 0.1) is 5.92 Å². The molecule has 0 aliphatic heterocycles. The Morgan fingerprint density at radius 1 is 1.16 bits per heavy atom. The van der Waals surface area contributed by atoms with Crippen LogP contribution in [0.5, 0.6) is 0 Å². The summed E-state index contributed by atoms with van der Waals surface area (Å²) in [6, 6.07) is 8.63. The summed E-state index contributed by atoms with van der Waals surface area (Å²) < 4.78 is 5.18. The van der Waals surface area contributed by atoms with Crippen LogP contribution in [0.4, 0.5) is 4.79 Å². The zero-order chi connectivity index (χ0) is 19.0. The number of ether oxygens (including phenoxy) is 1. The van der Waals surface area contributed by atoms with E-state index in [1.54, 1.807) is 20.8 Å². The SMILES string of the molecule is C[C@H](NC(=O)[C@@H](CNC(=O)OC(C)(C)C)Cc1ccccc1)C(N)=O. The van der Waals surface area contributed by atoms with E-state index in [-0.39, 0.29) is 12.5 Å². The van der Waals surface area contributed by atoms with Gasteiger partial charge >= 0.3 is 6.09 Å². The molecule has 0 bridgehead atoms. The Bertz CT molecular complexity index is 596. The molecular weight excluding hydrogens is 322 g/mol. The number of amides is 3. The molecule has 138 valence electrons. The topological polar surface area (TPSA) is 111 Å². The normalized spacial score (nSPS) is 13.4. The van der Waals surface area contributed by atoms with Crippen molar-refractivity contribution < 1.29 is 19.1 Å². The van der Waals surface area contributed by atoms with Crippen LogP contribution in [0.1, 0.15) is 33.3 Å². The molecule has 0 fully saturated rings. The maximum atomic E-state index is 12.4. The standard InChI is InChI=1S/C18H27N3O4/c1-12(15(19)22)21-16(23)14(10-13-8-6-5-7-9-13)11-20-17(24)25-18(2,3)4/h5-9,12,14H,10-11H2,1-4H3,(H2,19,22)(H,20,24)(H,21,23)/t12-,14+/m0/s1. The van der Waals surface area contributed by atoms with Crippen LogP contribution in [0.3, 0.4) is 0 Å². The summed E-state index contributed by atoms with van der Waals surface area (Å²) in [6.07, 6.45) is -0.185. The number of carbonyl (C=O) groups excluding carboxylic acids is 3. The lowest BCUT2D eigenvalue weighted by Crippen LogP contribution is -2.48. The van der Waals surface area contributed by atoms with E-state index in [4.69, 9.17) is 10.5 Å². The molecule has 2 atom stereocenters. The maximum absolute atomic E-state index is 12.4. The number of benzene rings is 1. The first-order valence-corrected chi connectivity index (χ1v) is 8.19. The molecule has 7 nitrogen and oxygen atoms in total. The zero-order valence-electron chi connectivity index (χ0n) is 15.2. The van der Waals surface area contributed by atoms with Gasteiger partial charge in [0.15, 0.2) is 0 Å². The predicted octanol–water partition coefficient (Wildman–Crippen LogP) is 1.36. The van der Waals surface area contributed by atoms with E-state index in [0.29, 0.717) is 6.42 Å². The molecule has 4 N–H and O–H groups in total. The van der Waals surface area contributed by atoms with Crippen molar-refractivity contribution in [1.82, 2.24) is 10.6 Å². The molecule has 0 unspecified atom stereocenters. The third kappa shape index (κ3) is 8.19. The number of nitrogens with two attached hydrogens (primary N) is 1. The smallest absolute Gasteiger partial charge is 0.407 e. The Morgan fingerprint density at radius 2 is 1.76 bits per heavy atom. The molecule has 0 aliphatic rings. The van der Waals surface area contributed by atoms with Gasteiger partial charge in [0, 0.05) is 6.54 Å². The van der Waals surface area contributed by atoms with Gasteiger partial charge in [-0.15, -0.1) is 0 Å². The minimum atomic E-state index is -0.785. The van der Waals surface area contributed by atoms with Crippen molar-refractivity contribution in [3.8, 4) is 0 Å². The number of hydrogen-bond acceptors (Lipinski definition) is 4. The van der Waals surface area contributed by atoms with Gasteiger partial charge < -0.3 is 21.1 Å². The third-order valence-corrected chi connectivity index (χ3v) is 3.37. The first-order chi connectivity index (χ1) is 11.6. The summed E-state index contributed by atoms with van der Waals surface area (Å²) in [5.74, 6) is -1.53. The second-order valence-corrected chi connectivity index (χ2v) is 6.90. The Kier molecular flexibility index (Phi) is 7.42. The average Bonchev–Trinajstić information content (AvgIpc) is 2.50. The predicted molar refractivity (Wildman–Crippen MR) is 94.7 cm³/mol. The summed E-state index contributed by atoms with van der Waals surface area (Å²) in [4.78, 5) is 35.4. The van der Waals surface area contributed by atoms with E-state index in [0.717, 1.165) is 5.56 Å². The molecule has 3 amide bonds. The number of carbonyl (C=O) groups is 3. The Hall–Kier alpha value is -2.57. The van der Waals surface area contributed by atoms with Gasteiger partial charge in [-0.05, 0) is 39.7 Å². The summed E-state index contributed by atoms with van der Waals surface area (Å²) in [7, 11) is 0. The number of primary amides is 1. The van der Waals surface area contributed by atoms with Crippen molar-refractivity contribution in [2.45, 2.75) is 45.8 Å². The van der Waals surface area contributed by atoms with Crippen LogP contribution in [0.15, 0.2) is 30.3 Å². The van der Waals surface area contributed by atoms with Gasteiger partial charge in [-0.2, -0.15) is 0 Å². The minimum Gasteiger partial charge on any atom is -0.444 e. The fourth-order valence-electron chi connectivity index (χ4n) is 2.08. The average molecular weight is 349 g/mol. The van der Waals surface area contributed by atoms with Gasteiger partial charge in [-0.1, -0.05) is 30.3 Å². The molecule has 0 aromatic heterocycles. The molecule has 25 heavy (non-hydrogen) atoms. The van der Waals surface area contributed by atoms with Crippen molar-refractivity contribution in [3.63, 3.8) is 0 Å². The quantitative estimate of drug-likeness (QED) is 0.690. The molecular formula is C18H27N3O4. The van der Waals surface area contributed by atoms with E-state index >= 15 is 0 Å². The fourth-order valence-corrected chi connectivity index (χ4v) is 2.08.